The van der Waals surface area contributed by atoms with Gasteiger partial charge in [-0.15, -0.1) is 0 Å². The van der Waals surface area contributed by atoms with Crippen LogP contribution in [0, 0.1) is 11.8 Å². The molecule has 1 amide bonds. The Kier molecular flexibility index (Phi) is 4.22. The maximum absolute atomic E-state index is 10.9. The number of hydrogen-bond donors (Lipinski definition) is 1. The molecule has 0 aromatic carbocycles. The highest BCUT2D eigenvalue weighted by molar-refractivity contribution is 5.78. The van der Waals surface area contributed by atoms with E-state index in [0.717, 1.165) is 32.4 Å². The maximum atomic E-state index is 10.9. The number of methoxy groups -OCH3 is 1. The Morgan fingerprint density at radius 3 is 3.00 bits per heavy atom. The van der Waals surface area contributed by atoms with Gasteiger partial charge >= 0.3 is 0 Å². The van der Waals surface area contributed by atoms with Gasteiger partial charge < -0.3 is 10.1 Å². The minimum absolute atomic E-state index is 0.212. The third-order valence-corrected chi connectivity index (χ3v) is 2.61. The van der Waals surface area contributed by atoms with E-state index in [0.29, 0.717) is 11.8 Å². The Balaban J connectivity index is 2.13. The molecular formula is C10H19NO2. The fraction of sp³-hybridized carbons (Fsp3) is 0.900. The summed E-state index contributed by atoms with van der Waals surface area (Å²) >= 11 is 0. The van der Waals surface area contributed by atoms with E-state index in [-0.39, 0.29) is 5.91 Å². The number of hydrogen-bond acceptors (Lipinski definition) is 2. The first-order valence-electron chi connectivity index (χ1n) is 4.98. The molecule has 1 saturated heterocycles. The molecular weight excluding hydrogens is 166 g/mol. The molecule has 1 fully saturated rings. The van der Waals surface area contributed by atoms with Gasteiger partial charge in [0.25, 0.3) is 0 Å². The summed E-state index contributed by atoms with van der Waals surface area (Å²) in [6.45, 7) is 3.92. The molecule has 2 atom stereocenters. The van der Waals surface area contributed by atoms with Crippen molar-refractivity contribution in [2.24, 2.45) is 11.8 Å². The van der Waals surface area contributed by atoms with Crippen molar-refractivity contribution in [2.75, 3.05) is 20.3 Å². The smallest absolute Gasteiger partial charge is 0.220 e. The molecule has 0 bridgehead atoms. The number of ether oxygens (including phenoxy) is 1. The van der Waals surface area contributed by atoms with Crippen LogP contribution in [0.25, 0.3) is 0 Å². The summed E-state index contributed by atoms with van der Waals surface area (Å²) in [6.07, 6.45) is 2.96. The standard InChI is InChI=1S/C10H19NO2/c1-8(3-4-13-2)5-9-6-10(12)11-7-9/h8-9H,3-7H2,1-2H3,(H,11,12). The van der Waals surface area contributed by atoms with Crippen LogP contribution >= 0.6 is 0 Å². The molecule has 76 valence electrons. The van der Waals surface area contributed by atoms with Gasteiger partial charge in [0.1, 0.15) is 0 Å². The van der Waals surface area contributed by atoms with E-state index in [1.807, 2.05) is 0 Å². The van der Waals surface area contributed by atoms with Gasteiger partial charge in [-0.05, 0) is 24.7 Å². The topological polar surface area (TPSA) is 38.3 Å². The van der Waals surface area contributed by atoms with Gasteiger partial charge in [0.15, 0.2) is 0 Å². The van der Waals surface area contributed by atoms with Gasteiger partial charge in [-0.3, -0.25) is 4.79 Å². The molecule has 1 aliphatic heterocycles. The van der Waals surface area contributed by atoms with Crippen molar-refractivity contribution in [2.45, 2.75) is 26.2 Å². The molecule has 0 saturated carbocycles. The van der Waals surface area contributed by atoms with E-state index >= 15 is 0 Å². The van der Waals surface area contributed by atoms with Crippen LogP contribution in [0.3, 0.4) is 0 Å². The molecule has 13 heavy (non-hydrogen) atoms. The highest BCUT2D eigenvalue weighted by Gasteiger charge is 2.22. The predicted molar refractivity (Wildman–Crippen MR) is 51.4 cm³/mol. The van der Waals surface area contributed by atoms with Crippen LogP contribution in [-0.2, 0) is 9.53 Å². The quantitative estimate of drug-likeness (QED) is 0.698. The van der Waals surface area contributed by atoms with Crippen LogP contribution in [0.5, 0.6) is 0 Å². The minimum Gasteiger partial charge on any atom is -0.385 e. The van der Waals surface area contributed by atoms with Crippen LogP contribution in [0.2, 0.25) is 0 Å². The van der Waals surface area contributed by atoms with E-state index in [2.05, 4.69) is 12.2 Å². The lowest BCUT2D eigenvalue weighted by Gasteiger charge is -2.14. The maximum Gasteiger partial charge on any atom is 0.220 e. The molecule has 1 rings (SSSR count). The van der Waals surface area contributed by atoms with Crippen LogP contribution in [0.15, 0.2) is 0 Å². The zero-order valence-corrected chi connectivity index (χ0v) is 8.51. The lowest BCUT2D eigenvalue weighted by molar-refractivity contribution is -0.119. The Morgan fingerprint density at radius 1 is 1.69 bits per heavy atom. The number of carbonyl (C=O) groups is 1. The van der Waals surface area contributed by atoms with Gasteiger partial charge in [-0.1, -0.05) is 6.92 Å². The Hall–Kier alpha value is -0.570. The van der Waals surface area contributed by atoms with Crippen LogP contribution in [0.4, 0.5) is 0 Å². The molecule has 1 heterocycles. The van der Waals surface area contributed by atoms with E-state index in [1.165, 1.54) is 0 Å². The molecule has 0 aromatic rings. The Morgan fingerprint density at radius 2 is 2.46 bits per heavy atom. The predicted octanol–water partition coefficient (Wildman–Crippen LogP) is 1.19. The largest absolute Gasteiger partial charge is 0.385 e. The summed E-state index contributed by atoms with van der Waals surface area (Å²) in [5, 5.41) is 2.86. The fourth-order valence-electron chi connectivity index (χ4n) is 1.84. The van der Waals surface area contributed by atoms with Crippen molar-refractivity contribution in [1.29, 1.82) is 0 Å². The van der Waals surface area contributed by atoms with E-state index in [4.69, 9.17) is 4.74 Å². The molecule has 2 unspecified atom stereocenters. The van der Waals surface area contributed by atoms with Gasteiger partial charge in [-0.25, -0.2) is 0 Å². The zero-order valence-electron chi connectivity index (χ0n) is 8.51. The van der Waals surface area contributed by atoms with Crippen LogP contribution in [-0.4, -0.2) is 26.2 Å². The SMILES string of the molecule is COCCC(C)CC1CNC(=O)C1. The lowest BCUT2D eigenvalue weighted by Crippen LogP contribution is -2.14. The fourth-order valence-corrected chi connectivity index (χ4v) is 1.84. The first-order chi connectivity index (χ1) is 6.22. The average molecular weight is 185 g/mol. The molecule has 0 spiro atoms. The summed E-state index contributed by atoms with van der Waals surface area (Å²) in [7, 11) is 1.73. The third kappa shape index (κ3) is 3.77. The van der Waals surface area contributed by atoms with Gasteiger partial charge in [-0.2, -0.15) is 0 Å². The summed E-state index contributed by atoms with van der Waals surface area (Å²) in [6, 6.07) is 0. The molecule has 0 radical (unpaired) electrons. The molecule has 1 N–H and O–H groups in total. The molecule has 3 heteroatoms. The monoisotopic (exact) mass is 185 g/mol. The van der Waals surface area contributed by atoms with Crippen molar-refractivity contribution < 1.29 is 9.53 Å². The van der Waals surface area contributed by atoms with E-state index in [1.54, 1.807) is 7.11 Å². The summed E-state index contributed by atoms with van der Waals surface area (Å²) in [4.78, 5) is 10.9. The van der Waals surface area contributed by atoms with Crippen molar-refractivity contribution in [3.63, 3.8) is 0 Å². The second-order valence-electron chi connectivity index (χ2n) is 4.00. The first-order valence-corrected chi connectivity index (χ1v) is 4.98. The molecule has 1 aliphatic rings. The van der Waals surface area contributed by atoms with Crippen molar-refractivity contribution >= 4 is 5.91 Å². The number of nitrogens with one attached hydrogen (secondary N) is 1. The third-order valence-electron chi connectivity index (χ3n) is 2.61. The van der Waals surface area contributed by atoms with Crippen LogP contribution < -0.4 is 5.32 Å². The molecule has 3 nitrogen and oxygen atoms in total. The van der Waals surface area contributed by atoms with Gasteiger partial charge in [0.05, 0.1) is 0 Å². The summed E-state index contributed by atoms with van der Waals surface area (Å²) < 4.78 is 5.02. The molecule has 0 aliphatic carbocycles. The van der Waals surface area contributed by atoms with Gasteiger partial charge in [0.2, 0.25) is 5.91 Å². The highest BCUT2D eigenvalue weighted by atomic mass is 16.5. The lowest BCUT2D eigenvalue weighted by atomic mass is 9.93. The Labute approximate surface area is 79.8 Å². The Bertz CT molecular complexity index is 170. The number of amides is 1. The van der Waals surface area contributed by atoms with E-state index < -0.39 is 0 Å². The van der Waals surface area contributed by atoms with Crippen molar-refractivity contribution in [3.8, 4) is 0 Å². The summed E-state index contributed by atoms with van der Waals surface area (Å²) in [5.41, 5.74) is 0. The number of carbonyl (C=O) groups excluding carboxylic acids is 1. The van der Waals surface area contributed by atoms with Gasteiger partial charge in [0, 0.05) is 26.7 Å². The van der Waals surface area contributed by atoms with Crippen LogP contribution in [0.1, 0.15) is 26.2 Å². The second-order valence-corrected chi connectivity index (χ2v) is 4.00. The highest BCUT2D eigenvalue weighted by Crippen LogP contribution is 2.20. The normalized spacial score (nSPS) is 24.5. The molecule has 0 aromatic heterocycles. The number of rotatable bonds is 5. The van der Waals surface area contributed by atoms with Crippen molar-refractivity contribution in [1.82, 2.24) is 5.32 Å². The summed E-state index contributed by atoms with van der Waals surface area (Å²) in [5.74, 6) is 1.43. The average Bonchev–Trinajstić information content (AvgIpc) is 2.48. The van der Waals surface area contributed by atoms with Crippen molar-refractivity contribution in [3.05, 3.63) is 0 Å². The zero-order chi connectivity index (χ0) is 9.68. The van der Waals surface area contributed by atoms with E-state index in [9.17, 15) is 4.79 Å². The second kappa shape index (κ2) is 5.22. The first kappa shape index (κ1) is 10.5. The minimum atomic E-state index is 0.212.